The number of rotatable bonds is 2. The van der Waals surface area contributed by atoms with Gasteiger partial charge < -0.3 is 19.9 Å². The lowest BCUT2D eigenvalue weighted by Gasteiger charge is -2.22. The molecule has 1 aromatic heterocycles. The second kappa shape index (κ2) is 7.90. The molecule has 0 unspecified atom stereocenters. The van der Waals surface area contributed by atoms with Crippen molar-refractivity contribution in [3.8, 4) is 11.4 Å². The van der Waals surface area contributed by atoms with Crippen molar-refractivity contribution in [2.75, 3.05) is 11.1 Å². The number of nitrogens with one attached hydrogen (secondary N) is 2. The molecule has 162 valence electrons. The van der Waals surface area contributed by atoms with Crippen LogP contribution in [0.3, 0.4) is 0 Å². The summed E-state index contributed by atoms with van der Waals surface area (Å²) in [6.45, 7) is 10.9. The number of ether oxygens (including phenoxy) is 1. The highest BCUT2D eigenvalue weighted by atomic mass is 32.2. The van der Waals surface area contributed by atoms with Crippen molar-refractivity contribution in [1.82, 2.24) is 15.5 Å². The molecule has 0 aliphatic carbocycles. The summed E-state index contributed by atoms with van der Waals surface area (Å²) in [4.78, 5) is 29.5. The number of halogens is 1. The van der Waals surface area contributed by atoms with E-state index in [1.165, 1.54) is 23.9 Å². The third-order valence-corrected chi connectivity index (χ3v) is 5.20. The zero-order valence-corrected chi connectivity index (χ0v) is 18.6. The molecule has 1 atom stereocenters. The van der Waals surface area contributed by atoms with Crippen molar-refractivity contribution >= 4 is 29.4 Å². The molecule has 2 aromatic rings. The first kappa shape index (κ1) is 22.1. The van der Waals surface area contributed by atoms with E-state index in [1.807, 2.05) is 20.8 Å². The van der Waals surface area contributed by atoms with E-state index in [-0.39, 0.29) is 22.6 Å². The van der Waals surface area contributed by atoms with E-state index in [2.05, 4.69) is 20.8 Å². The predicted molar refractivity (Wildman–Crippen MR) is 111 cm³/mol. The smallest absolute Gasteiger partial charge is 0.408 e. The van der Waals surface area contributed by atoms with Crippen LogP contribution in [0.5, 0.6) is 0 Å². The normalized spacial score (nSPS) is 17.0. The molecule has 1 aliphatic rings. The van der Waals surface area contributed by atoms with Gasteiger partial charge >= 0.3 is 6.09 Å². The SMILES string of the molecule is CC(C)(C)OC(=O)N[C@H]1CSc2cc(F)c(-c3noc(C(C)(C)C)n3)cc2NC1=O. The van der Waals surface area contributed by atoms with Crippen LogP contribution in [-0.4, -0.2) is 39.5 Å². The van der Waals surface area contributed by atoms with E-state index >= 15 is 0 Å². The predicted octanol–water partition coefficient (Wildman–Crippen LogP) is 4.11. The molecule has 0 saturated heterocycles. The van der Waals surface area contributed by atoms with Gasteiger partial charge in [0.2, 0.25) is 17.6 Å². The first-order valence-electron chi connectivity index (χ1n) is 9.45. The third kappa shape index (κ3) is 5.10. The average molecular weight is 437 g/mol. The van der Waals surface area contributed by atoms with Crippen LogP contribution in [0.15, 0.2) is 21.6 Å². The molecule has 0 radical (unpaired) electrons. The molecule has 2 heterocycles. The zero-order chi connectivity index (χ0) is 22.3. The first-order chi connectivity index (χ1) is 13.8. The van der Waals surface area contributed by atoms with Crippen LogP contribution >= 0.6 is 11.8 Å². The number of thioether (sulfide) groups is 1. The van der Waals surface area contributed by atoms with E-state index in [0.29, 0.717) is 16.5 Å². The number of alkyl carbamates (subject to hydrolysis) is 1. The van der Waals surface area contributed by atoms with Crippen molar-refractivity contribution in [2.45, 2.75) is 63.5 Å². The van der Waals surface area contributed by atoms with Gasteiger partial charge in [0.25, 0.3) is 0 Å². The fourth-order valence-electron chi connectivity index (χ4n) is 2.61. The Morgan fingerprint density at radius 1 is 1.30 bits per heavy atom. The van der Waals surface area contributed by atoms with E-state index in [9.17, 15) is 14.0 Å². The van der Waals surface area contributed by atoms with E-state index in [1.54, 1.807) is 20.8 Å². The third-order valence-electron chi connectivity index (χ3n) is 4.05. The Bertz CT molecular complexity index is 978. The summed E-state index contributed by atoms with van der Waals surface area (Å²) in [5.74, 6) is -0.240. The number of aromatic nitrogens is 2. The van der Waals surface area contributed by atoms with Crippen LogP contribution in [-0.2, 0) is 14.9 Å². The molecule has 10 heteroatoms. The van der Waals surface area contributed by atoms with Gasteiger partial charge in [-0.3, -0.25) is 4.79 Å². The molecule has 30 heavy (non-hydrogen) atoms. The molecule has 0 fully saturated rings. The summed E-state index contributed by atoms with van der Waals surface area (Å²) in [7, 11) is 0. The second-order valence-electron chi connectivity index (χ2n) is 9.00. The molecule has 1 aliphatic heterocycles. The Hall–Kier alpha value is -2.62. The number of hydrogen-bond donors (Lipinski definition) is 2. The first-order valence-corrected chi connectivity index (χ1v) is 10.4. The Morgan fingerprint density at radius 3 is 2.60 bits per heavy atom. The lowest BCUT2D eigenvalue weighted by atomic mass is 9.97. The van der Waals surface area contributed by atoms with Crippen molar-refractivity contribution < 1.29 is 23.2 Å². The highest BCUT2D eigenvalue weighted by Gasteiger charge is 2.29. The number of nitrogens with zero attached hydrogens (tertiary/aromatic N) is 2. The lowest BCUT2D eigenvalue weighted by Crippen LogP contribution is -2.46. The molecular weight excluding hydrogens is 411 g/mol. The average Bonchev–Trinajstić information content (AvgIpc) is 3.03. The zero-order valence-electron chi connectivity index (χ0n) is 17.8. The number of benzene rings is 1. The largest absolute Gasteiger partial charge is 0.444 e. The van der Waals surface area contributed by atoms with E-state index < -0.39 is 29.5 Å². The maximum atomic E-state index is 14.8. The summed E-state index contributed by atoms with van der Waals surface area (Å²) in [6, 6.07) is 1.96. The maximum Gasteiger partial charge on any atom is 0.408 e. The molecule has 2 amide bonds. The van der Waals surface area contributed by atoms with Gasteiger partial charge in [-0.25, -0.2) is 9.18 Å². The number of anilines is 1. The van der Waals surface area contributed by atoms with Crippen LogP contribution < -0.4 is 10.6 Å². The van der Waals surface area contributed by atoms with Gasteiger partial charge in [-0.1, -0.05) is 25.9 Å². The Balaban J connectivity index is 1.82. The summed E-state index contributed by atoms with van der Waals surface area (Å²) >= 11 is 1.25. The minimum atomic E-state index is -0.832. The van der Waals surface area contributed by atoms with Crippen molar-refractivity contribution in [3.05, 3.63) is 23.8 Å². The number of amides is 2. The van der Waals surface area contributed by atoms with Gasteiger partial charge in [-0.2, -0.15) is 4.98 Å². The van der Waals surface area contributed by atoms with Gasteiger partial charge in [0, 0.05) is 16.1 Å². The van der Waals surface area contributed by atoms with Crippen molar-refractivity contribution in [2.24, 2.45) is 0 Å². The van der Waals surface area contributed by atoms with Crippen LogP contribution in [0.2, 0.25) is 0 Å². The Morgan fingerprint density at radius 2 is 2.00 bits per heavy atom. The molecule has 1 aromatic carbocycles. The van der Waals surface area contributed by atoms with Crippen molar-refractivity contribution in [1.29, 1.82) is 0 Å². The van der Waals surface area contributed by atoms with Gasteiger partial charge in [-0.05, 0) is 32.9 Å². The fraction of sp³-hybridized carbons (Fsp3) is 0.500. The highest BCUT2D eigenvalue weighted by Crippen LogP contribution is 2.36. The summed E-state index contributed by atoms with van der Waals surface area (Å²) in [5, 5.41) is 9.16. The van der Waals surface area contributed by atoms with Gasteiger partial charge in [0.15, 0.2) is 0 Å². The lowest BCUT2D eigenvalue weighted by molar-refractivity contribution is -0.117. The second-order valence-corrected chi connectivity index (χ2v) is 10.1. The molecule has 8 nitrogen and oxygen atoms in total. The quantitative estimate of drug-likeness (QED) is 0.730. The number of carbonyl (C=O) groups is 2. The minimum absolute atomic E-state index is 0.104. The number of hydrogen-bond acceptors (Lipinski definition) is 7. The molecule has 0 spiro atoms. The van der Waals surface area contributed by atoms with Crippen LogP contribution in [0.25, 0.3) is 11.4 Å². The van der Waals surface area contributed by atoms with Crippen LogP contribution in [0.1, 0.15) is 47.4 Å². The number of fused-ring (bicyclic) bond motifs is 1. The molecule has 0 bridgehead atoms. The fourth-order valence-corrected chi connectivity index (χ4v) is 3.64. The van der Waals surface area contributed by atoms with E-state index in [0.717, 1.165) is 0 Å². The molecule has 2 N–H and O–H groups in total. The topological polar surface area (TPSA) is 106 Å². The molecule has 3 rings (SSSR count). The summed E-state index contributed by atoms with van der Waals surface area (Å²) < 4.78 is 25.2. The molecule has 0 saturated carbocycles. The van der Waals surface area contributed by atoms with Gasteiger partial charge in [0.1, 0.15) is 17.5 Å². The maximum absolute atomic E-state index is 14.8. The minimum Gasteiger partial charge on any atom is -0.444 e. The van der Waals surface area contributed by atoms with Gasteiger partial charge in [0.05, 0.1) is 11.3 Å². The van der Waals surface area contributed by atoms with Crippen LogP contribution in [0, 0.1) is 5.82 Å². The monoisotopic (exact) mass is 436 g/mol. The van der Waals surface area contributed by atoms with Crippen LogP contribution in [0.4, 0.5) is 14.9 Å². The Labute approximate surface area is 178 Å². The number of carbonyl (C=O) groups excluding carboxylic acids is 2. The summed E-state index contributed by atoms with van der Waals surface area (Å²) in [5.41, 5.74) is -0.530. The van der Waals surface area contributed by atoms with Crippen molar-refractivity contribution in [3.63, 3.8) is 0 Å². The standard InChI is InChI=1S/C20H25FN4O4S/c1-19(2,3)17-24-15(25-29-17)10-7-12-14(8-11(10)21)30-9-13(16(26)22-12)23-18(27)28-20(4,5)6/h7-8,13H,9H2,1-6H3,(H,22,26)(H,23,27)/t13-/m0/s1. The molecular formula is C20H25FN4O4S. The highest BCUT2D eigenvalue weighted by molar-refractivity contribution is 7.99. The van der Waals surface area contributed by atoms with E-state index in [4.69, 9.17) is 9.26 Å². The Kier molecular flexibility index (Phi) is 5.81. The van der Waals surface area contributed by atoms with Gasteiger partial charge in [-0.15, -0.1) is 11.8 Å². The summed E-state index contributed by atoms with van der Waals surface area (Å²) in [6.07, 6.45) is -0.692.